The lowest BCUT2D eigenvalue weighted by Crippen LogP contribution is -2.28. The number of halogens is 2. The summed E-state index contributed by atoms with van der Waals surface area (Å²) in [6, 6.07) is 10.0. The summed E-state index contributed by atoms with van der Waals surface area (Å²) >= 11 is 11.9. The minimum absolute atomic E-state index is 0.126. The van der Waals surface area contributed by atoms with E-state index in [9.17, 15) is 9.59 Å². The Balaban J connectivity index is 1.73. The van der Waals surface area contributed by atoms with Crippen LogP contribution in [0.3, 0.4) is 0 Å². The van der Waals surface area contributed by atoms with Crippen molar-refractivity contribution in [3.8, 4) is 11.5 Å². The smallest absolute Gasteiger partial charge is 0.229 e. The zero-order chi connectivity index (χ0) is 19.6. The number of hydrogen-bond acceptors (Lipinski definition) is 4. The highest BCUT2D eigenvalue weighted by molar-refractivity contribution is 6.42. The number of rotatable bonds is 5. The van der Waals surface area contributed by atoms with Crippen LogP contribution < -0.4 is 19.7 Å². The molecule has 1 unspecified atom stereocenters. The molecule has 1 fully saturated rings. The number of anilines is 2. The van der Waals surface area contributed by atoms with Crippen LogP contribution in [0.25, 0.3) is 0 Å². The van der Waals surface area contributed by atoms with E-state index < -0.39 is 5.92 Å². The fourth-order valence-corrected chi connectivity index (χ4v) is 3.24. The summed E-state index contributed by atoms with van der Waals surface area (Å²) in [5, 5.41) is 3.54. The molecule has 8 heteroatoms. The van der Waals surface area contributed by atoms with E-state index in [1.54, 1.807) is 48.4 Å². The fraction of sp³-hybridized carbons (Fsp3) is 0.263. The third-order valence-electron chi connectivity index (χ3n) is 4.36. The third kappa shape index (κ3) is 4.12. The van der Waals surface area contributed by atoms with Gasteiger partial charge in [-0.2, -0.15) is 0 Å². The van der Waals surface area contributed by atoms with E-state index in [1.807, 2.05) is 0 Å². The molecule has 0 aliphatic carbocycles. The number of benzene rings is 2. The van der Waals surface area contributed by atoms with Gasteiger partial charge in [0.25, 0.3) is 0 Å². The highest BCUT2D eigenvalue weighted by Gasteiger charge is 2.35. The first kappa shape index (κ1) is 19.3. The number of ether oxygens (including phenoxy) is 2. The van der Waals surface area contributed by atoms with E-state index in [2.05, 4.69) is 5.32 Å². The number of hydrogen-bond donors (Lipinski definition) is 1. The Morgan fingerprint density at radius 1 is 1.07 bits per heavy atom. The van der Waals surface area contributed by atoms with Gasteiger partial charge in [0.2, 0.25) is 11.8 Å². The lowest BCUT2D eigenvalue weighted by molar-refractivity contribution is -0.122. The van der Waals surface area contributed by atoms with Crippen LogP contribution in [0.1, 0.15) is 6.42 Å². The second kappa shape index (κ2) is 8.06. The maximum absolute atomic E-state index is 12.5. The molecule has 1 heterocycles. The van der Waals surface area contributed by atoms with E-state index in [-0.39, 0.29) is 24.8 Å². The minimum atomic E-state index is -0.472. The van der Waals surface area contributed by atoms with Crippen molar-refractivity contribution in [2.45, 2.75) is 6.42 Å². The minimum Gasteiger partial charge on any atom is -0.493 e. The molecule has 0 bridgehead atoms. The summed E-state index contributed by atoms with van der Waals surface area (Å²) in [4.78, 5) is 26.5. The second-order valence-corrected chi connectivity index (χ2v) is 6.88. The quantitative estimate of drug-likeness (QED) is 0.811. The zero-order valence-electron chi connectivity index (χ0n) is 14.8. The topological polar surface area (TPSA) is 67.9 Å². The maximum Gasteiger partial charge on any atom is 0.229 e. The first-order valence-corrected chi connectivity index (χ1v) is 8.97. The number of nitrogens with zero attached hydrogens (tertiary/aromatic N) is 1. The monoisotopic (exact) mass is 408 g/mol. The van der Waals surface area contributed by atoms with Gasteiger partial charge in [-0.3, -0.25) is 9.59 Å². The molecule has 1 aliphatic rings. The molecule has 2 amide bonds. The van der Waals surface area contributed by atoms with Crippen molar-refractivity contribution in [2.24, 2.45) is 5.92 Å². The van der Waals surface area contributed by atoms with Crippen molar-refractivity contribution in [1.82, 2.24) is 0 Å². The molecule has 2 aromatic carbocycles. The molecule has 1 N–H and O–H groups in total. The Labute approximate surface area is 167 Å². The van der Waals surface area contributed by atoms with E-state index >= 15 is 0 Å². The summed E-state index contributed by atoms with van der Waals surface area (Å²) < 4.78 is 10.5. The van der Waals surface area contributed by atoms with Crippen molar-refractivity contribution in [1.29, 1.82) is 0 Å². The van der Waals surface area contributed by atoms with Crippen molar-refractivity contribution in [3.05, 3.63) is 46.4 Å². The molecular formula is C19H18Cl2N2O4. The highest BCUT2D eigenvalue weighted by Crippen LogP contribution is 2.34. The van der Waals surface area contributed by atoms with Crippen LogP contribution in [0, 0.1) is 5.92 Å². The molecule has 6 nitrogen and oxygen atoms in total. The number of methoxy groups -OCH3 is 2. The van der Waals surface area contributed by atoms with Gasteiger partial charge in [-0.25, -0.2) is 0 Å². The van der Waals surface area contributed by atoms with Gasteiger partial charge >= 0.3 is 0 Å². The van der Waals surface area contributed by atoms with Crippen LogP contribution in [-0.4, -0.2) is 32.6 Å². The lowest BCUT2D eigenvalue weighted by atomic mass is 10.1. The van der Waals surface area contributed by atoms with Gasteiger partial charge < -0.3 is 19.7 Å². The normalized spacial score (nSPS) is 16.4. The maximum atomic E-state index is 12.5. The molecule has 2 aromatic rings. The summed E-state index contributed by atoms with van der Waals surface area (Å²) in [7, 11) is 3.07. The van der Waals surface area contributed by atoms with Crippen LogP contribution in [0.5, 0.6) is 11.5 Å². The molecule has 1 aliphatic heterocycles. The van der Waals surface area contributed by atoms with Gasteiger partial charge in [0.15, 0.2) is 11.5 Å². The van der Waals surface area contributed by atoms with Crippen LogP contribution in [0.15, 0.2) is 36.4 Å². The average molecular weight is 409 g/mol. The molecule has 1 atom stereocenters. The molecular weight excluding hydrogens is 391 g/mol. The van der Waals surface area contributed by atoms with Gasteiger partial charge in [0.05, 0.1) is 30.2 Å². The number of carbonyl (C=O) groups is 2. The fourth-order valence-electron chi connectivity index (χ4n) is 2.94. The highest BCUT2D eigenvalue weighted by atomic mass is 35.5. The molecule has 0 spiro atoms. The van der Waals surface area contributed by atoms with E-state index in [4.69, 9.17) is 32.7 Å². The summed E-state index contributed by atoms with van der Waals surface area (Å²) in [6.07, 6.45) is 0.126. The first-order chi connectivity index (χ1) is 12.9. The molecule has 1 saturated heterocycles. The molecule has 142 valence electrons. The van der Waals surface area contributed by atoms with Crippen LogP contribution in [0.4, 0.5) is 11.4 Å². The van der Waals surface area contributed by atoms with Crippen LogP contribution in [-0.2, 0) is 9.59 Å². The number of nitrogens with one attached hydrogen (secondary N) is 1. The second-order valence-electron chi connectivity index (χ2n) is 6.06. The third-order valence-corrected chi connectivity index (χ3v) is 5.10. The number of amides is 2. The van der Waals surface area contributed by atoms with Gasteiger partial charge in [-0.1, -0.05) is 23.2 Å². The Bertz CT molecular complexity index is 888. The van der Waals surface area contributed by atoms with E-state index in [0.29, 0.717) is 32.9 Å². The van der Waals surface area contributed by atoms with Crippen LogP contribution >= 0.6 is 23.2 Å². The first-order valence-electron chi connectivity index (χ1n) is 8.21. The SMILES string of the molecule is COc1ccc(N2CC(C(=O)Nc3ccc(Cl)c(Cl)c3)CC2=O)cc1OC. The van der Waals surface area contributed by atoms with Crippen molar-refractivity contribution < 1.29 is 19.1 Å². The Morgan fingerprint density at radius 3 is 2.48 bits per heavy atom. The molecule has 0 radical (unpaired) electrons. The zero-order valence-corrected chi connectivity index (χ0v) is 16.3. The Morgan fingerprint density at radius 2 is 1.81 bits per heavy atom. The van der Waals surface area contributed by atoms with Crippen molar-refractivity contribution in [3.63, 3.8) is 0 Å². The predicted molar refractivity (Wildman–Crippen MR) is 105 cm³/mol. The molecule has 0 saturated carbocycles. The molecule has 0 aromatic heterocycles. The largest absolute Gasteiger partial charge is 0.493 e. The lowest BCUT2D eigenvalue weighted by Gasteiger charge is -2.18. The average Bonchev–Trinajstić information content (AvgIpc) is 3.06. The molecule has 3 rings (SSSR count). The Kier molecular flexibility index (Phi) is 5.77. The summed E-state index contributed by atoms with van der Waals surface area (Å²) in [5.74, 6) is 0.245. The summed E-state index contributed by atoms with van der Waals surface area (Å²) in [5.41, 5.74) is 1.19. The van der Waals surface area contributed by atoms with Crippen LogP contribution in [0.2, 0.25) is 10.0 Å². The van der Waals surface area contributed by atoms with E-state index in [0.717, 1.165) is 0 Å². The standard InChI is InChI=1S/C19H18Cl2N2O4/c1-26-16-6-4-13(9-17(16)27-2)23-10-11(7-18(23)24)19(25)22-12-3-5-14(20)15(21)8-12/h3-6,8-9,11H,7,10H2,1-2H3,(H,22,25). The Hall–Kier alpha value is -2.44. The van der Waals surface area contributed by atoms with Crippen molar-refractivity contribution in [2.75, 3.05) is 31.0 Å². The molecule has 27 heavy (non-hydrogen) atoms. The predicted octanol–water partition coefficient (Wildman–Crippen LogP) is 4.00. The van der Waals surface area contributed by atoms with Gasteiger partial charge in [-0.05, 0) is 30.3 Å². The number of carbonyl (C=O) groups excluding carboxylic acids is 2. The van der Waals surface area contributed by atoms with E-state index in [1.165, 1.54) is 7.11 Å². The van der Waals surface area contributed by atoms with Crippen molar-refractivity contribution >= 4 is 46.4 Å². The summed E-state index contributed by atoms with van der Waals surface area (Å²) in [6.45, 7) is 0.279. The van der Waals surface area contributed by atoms with Gasteiger partial charge in [0, 0.05) is 30.4 Å². The van der Waals surface area contributed by atoms with Gasteiger partial charge in [-0.15, -0.1) is 0 Å². The van der Waals surface area contributed by atoms with Gasteiger partial charge in [0.1, 0.15) is 0 Å².